The number of hydrogen-bond acceptors (Lipinski definition) is 2. The van der Waals surface area contributed by atoms with Crippen molar-refractivity contribution in [3.05, 3.63) is 71.8 Å². The molecule has 30 heavy (non-hydrogen) atoms. The molecule has 2 heteroatoms. The Hall–Kier alpha value is -1.64. The van der Waals surface area contributed by atoms with E-state index >= 15 is 0 Å². The van der Waals surface area contributed by atoms with Crippen molar-refractivity contribution in [3.8, 4) is 0 Å². The zero-order valence-corrected chi connectivity index (χ0v) is 19.4. The average Bonchev–Trinajstić information content (AvgIpc) is 2.76. The van der Waals surface area contributed by atoms with Crippen LogP contribution in [-0.2, 0) is 12.8 Å². The minimum absolute atomic E-state index is 0.566. The maximum absolute atomic E-state index is 3.67. The predicted molar refractivity (Wildman–Crippen MR) is 132 cm³/mol. The first-order valence-corrected chi connectivity index (χ1v) is 12.3. The lowest BCUT2D eigenvalue weighted by Gasteiger charge is -2.14. The van der Waals surface area contributed by atoms with Gasteiger partial charge >= 0.3 is 0 Å². The van der Waals surface area contributed by atoms with Gasteiger partial charge in [-0.15, -0.1) is 0 Å². The van der Waals surface area contributed by atoms with E-state index in [0.29, 0.717) is 12.1 Å². The van der Waals surface area contributed by atoms with Gasteiger partial charge in [-0.25, -0.2) is 0 Å². The Morgan fingerprint density at radius 2 is 0.833 bits per heavy atom. The number of unbranched alkanes of at least 4 members (excludes halogenated alkanes) is 7. The van der Waals surface area contributed by atoms with Gasteiger partial charge in [0.25, 0.3) is 0 Å². The lowest BCUT2D eigenvalue weighted by molar-refractivity contribution is 0.496. The van der Waals surface area contributed by atoms with Gasteiger partial charge in [0.2, 0.25) is 0 Å². The van der Waals surface area contributed by atoms with Gasteiger partial charge in [-0.05, 0) is 63.7 Å². The van der Waals surface area contributed by atoms with Crippen LogP contribution >= 0.6 is 0 Å². The summed E-state index contributed by atoms with van der Waals surface area (Å²) in [6, 6.07) is 22.7. The van der Waals surface area contributed by atoms with Crippen molar-refractivity contribution in [2.45, 2.75) is 90.1 Å². The van der Waals surface area contributed by atoms with E-state index in [9.17, 15) is 0 Å². The largest absolute Gasteiger partial charge is 0.314 e. The fourth-order valence-electron chi connectivity index (χ4n) is 4.09. The van der Waals surface area contributed by atoms with E-state index in [1.807, 2.05) is 0 Å². The zero-order valence-electron chi connectivity index (χ0n) is 19.4. The molecule has 2 aromatic carbocycles. The molecule has 2 N–H and O–H groups in total. The minimum Gasteiger partial charge on any atom is -0.314 e. The van der Waals surface area contributed by atoms with Crippen molar-refractivity contribution >= 4 is 0 Å². The van der Waals surface area contributed by atoms with Crippen molar-refractivity contribution < 1.29 is 0 Å². The third kappa shape index (κ3) is 12.1. The van der Waals surface area contributed by atoms with Gasteiger partial charge in [0.05, 0.1) is 0 Å². The summed E-state index contributed by atoms with van der Waals surface area (Å²) >= 11 is 0. The minimum atomic E-state index is 0.566. The van der Waals surface area contributed by atoms with Gasteiger partial charge in [0, 0.05) is 12.1 Å². The third-order valence-electron chi connectivity index (χ3n) is 5.86. The molecule has 0 radical (unpaired) electrons. The maximum atomic E-state index is 3.67. The Morgan fingerprint density at radius 1 is 0.500 bits per heavy atom. The normalized spacial score (nSPS) is 13.3. The molecule has 0 aliphatic heterocycles. The SMILES string of the molecule is CC(Cc1ccccc1)NCCCCCCCCCCNC(C)Cc1ccccc1. The number of benzene rings is 2. The van der Waals surface area contributed by atoms with E-state index < -0.39 is 0 Å². The van der Waals surface area contributed by atoms with Gasteiger partial charge in [-0.3, -0.25) is 0 Å². The van der Waals surface area contributed by atoms with Crippen LogP contribution in [-0.4, -0.2) is 25.2 Å². The fourth-order valence-corrected chi connectivity index (χ4v) is 4.09. The van der Waals surface area contributed by atoms with E-state index in [0.717, 1.165) is 25.9 Å². The molecule has 2 aromatic rings. The molecule has 0 bridgehead atoms. The number of rotatable bonds is 17. The molecule has 2 atom stereocenters. The van der Waals surface area contributed by atoms with Crippen molar-refractivity contribution in [1.29, 1.82) is 0 Å². The first kappa shape index (κ1) is 24.6. The van der Waals surface area contributed by atoms with E-state index in [2.05, 4.69) is 85.1 Å². The summed E-state index contributed by atoms with van der Waals surface area (Å²) in [5.41, 5.74) is 2.86. The Morgan fingerprint density at radius 3 is 1.20 bits per heavy atom. The summed E-state index contributed by atoms with van der Waals surface area (Å²) in [6.45, 7) is 6.90. The smallest absolute Gasteiger partial charge is 0.00791 e. The lowest BCUT2D eigenvalue weighted by Crippen LogP contribution is -2.29. The van der Waals surface area contributed by atoms with Gasteiger partial charge in [0.1, 0.15) is 0 Å². The summed E-state index contributed by atoms with van der Waals surface area (Å²) < 4.78 is 0. The molecule has 0 saturated carbocycles. The second-order valence-corrected chi connectivity index (χ2v) is 8.92. The van der Waals surface area contributed by atoms with Crippen molar-refractivity contribution in [3.63, 3.8) is 0 Å². The van der Waals surface area contributed by atoms with Crippen molar-refractivity contribution in [1.82, 2.24) is 10.6 Å². The molecular weight excluding hydrogens is 364 g/mol. The molecule has 0 aromatic heterocycles. The molecule has 0 spiro atoms. The second-order valence-electron chi connectivity index (χ2n) is 8.92. The van der Waals surface area contributed by atoms with Crippen LogP contribution in [0.3, 0.4) is 0 Å². The van der Waals surface area contributed by atoms with Crippen LogP contribution in [0.2, 0.25) is 0 Å². The first-order valence-electron chi connectivity index (χ1n) is 12.3. The monoisotopic (exact) mass is 408 g/mol. The van der Waals surface area contributed by atoms with Gasteiger partial charge in [-0.2, -0.15) is 0 Å². The average molecular weight is 409 g/mol. The Balaban J connectivity index is 1.32. The summed E-state index contributed by atoms with van der Waals surface area (Å²) in [7, 11) is 0. The van der Waals surface area contributed by atoms with Gasteiger partial charge in [0.15, 0.2) is 0 Å². The van der Waals surface area contributed by atoms with E-state index in [4.69, 9.17) is 0 Å². The molecule has 0 aliphatic rings. The first-order chi connectivity index (χ1) is 14.7. The lowest BCUT2D eigenvalue weighted by atomic mass is 10.1. The van der Waals surface area contributed by atoms with Crippen LogP contribution in [0.15, 0.2) is 60.7 Å². The molecule has 2 nitrogen and oxygen atoms in total. The van der Waals surface area contributed by atoms with E-state index in [1.54, 1.807) is 0 Å². The molecule has 0 amide bonds. The maximum Gasteiger partial charge on any atom is 0.00791 e. The Bertz CT molecular complexity index is 568. The molecule has 0 saturated heterocycles. The highest BCUT2D eigenvalue weighted by molar-refractivity contribution is 5.16. The van der Waals surface area contributed by atoms with Crippen molar-refractivity contribution in [2.75, 3.05) is 13.1 Å². The molecule has 2 rings (SSSR count). The second kappa shape index (κ2) is 16.1. The molecule has 166 valence electrons. The summed E-state index contributed by atoms with van der Waals surface area (Å²) in [5, 5.41) is 7.35. The van der Waals surface area contributed by atoms with Crippen LogP contribution < -0.4 is 10.6 Å². The van der Waals surface area contributed by atoms with Crippen LogP contribution in [0, 0.1) is 0 Å². The van der Waals surface area contributed by atoms with Crippen molar-refractivity contribution in [2.24, 2.45) is 0 Å². The predicted octanol–water partition coefficient (Wildman–Crippen LogP) is 6.55. The third-order valence-corrected chi connectivity index (χ3v) is 5.86. The van der Waals surface area contributed by atoms with E-state index in [-0.39, 0.29) is 0 Å². The van der Waals surface area contributed by atoms with Crippen LogP contribution in [0.1, 0.15) is 76.3 Å². The summed E-state index contributed by atoms with van der Waals surface area (Å²) in [5.74, 6) is 0. The molecule has 0 fully saturated rings. The highest BCUT2D eigenvalue weighted by Gasteiger charge is 2.03. The topological polar surface area (TPSA) is 24.1 Å². The Kier molecular flexibility index (Phi) is 13.2. The van der Waals surface area contributed by atoms with E-state index in [1.165, 1.54) is 62.5 Å². The Labute approximate surface area is 185 Å². The van der Waals surface area contributed by atoms with Gasteiger partial charge in [-0.1, -0.05) is 99.2 Å². The highest BCUT2D eigenvalue weighted by atomic mass is 14.9. The highest BCUT2D eigenvalue weighted by Crippen LogP contribution is 2.09. The molecular formula is C28H44N2. The molecule has 0 heterocycles. The van der Waals surface area contributed by atoms with Crippen LogP contribution in [0.4, 0.5) is 0 Å². The number of nitrogens with one attached hydrogen (secondary N) is 2. The van der Waals surface area contributed by atoms with Crippen LogP contribution in [0.25, 0.3) is 0 Å². The van der Waals surface area contributed by atoms with Crippen LogP contribution in [0.5, 0.6) is 0 Å². The standard InChI is InChI=1S/C28H44N2/c1-25(23-27-17-11-9-12-18-27)29-21-15-7-5-3-4-6-8-16-22-30-26(2)24-28-19-13-10-14-20-28/h9-14,17-20,25-26,29-30H,3-8,15-16,21-24H2,1-2H3. The molecule has 2 unspecified atom stereocenters. The fraction of sp³-hybridized carbons (Fsp3) is 0.571. The summed E-state index contributed by atoms with van der Waals surface area (Å²) in [4.78, 5) is 0. The van der Waals surface area contributed by atoms with Gasteiger partial charge < -0.3 is 10.6 Å². The quantitative estimate of drug-likeness (QED) is 0.290. The number of hydrogen-bond donors (Lipinski definition) is 2. The zero-order chi connectivity index (χ0) is 21.3. The molecule has 0 aliphatic carbocycles. The summed E-state index contributed by atoms with van der Waals surface area (Å²) in [6.07, 6.45) is 13.2.